The molecule has 4 N–H and O–H groups in total. The van der Waals surface area contributed by atoms with Gasteiger partial charge in [-0.2, -0.15) is 0 Å². The molecule has 2 heterocycles. The lowest BCUT2D eigenvalue weighted by Crippen LogP contribution is -2.42. The van der Waals surface area contributed by atoms with Crippen molar-refractivity contribution in [2.45, 2.75) is 18.9 Å². The third kappa shape index (κ3) is 2.67. The predicted molar refractivity (Wildman–Crippen MR) is 89.5 cm³/mol. The molecule has 3 rings (SSSR count). The molecule has 0 aliphatic heterocycles. The second-order valence-electron chi connectivity index (χ2n) is 5.40. The van der Waals surface area contributed by atoms with E-state index in [1.165, 1.54) is 0 Å². The summed E-state index contributed by atoms with van der Waals surface area (Å²) < 4.78 is 0.897. The summed E-state index contributed by atoms with van der Waals surface area (Å²) in [6, 6.07) is 3.80. The van der Waals surface area contributed by atoms with Crippen molar-refractivity contribution in [2.75, 3.05) is 0 Å². The zero-order chi connectivity index (χ0) is 15.7. The van der Waals surface area contributed by atoms with E-state index in [4.69, 9.17) is 11.5 Å². The maximum absolute atomic E-state index is 6.55. The summed E-state index contributed by atoms with van der Waals surface area (Å²) >= 11 is 3.42. The van der Waals surface area contributed by atoms with Gasteiger partial charge in [0, 0.05) is 40.7 Å². The molecule has 22 heavy (non-hydrogen) atoms. The van der Waals surface area contributed by atoms with Crippen molar-refractivity contribution in [3.8, 4) is 11.3 Å². The van der Waals surface area contributed by atoms with Gasteiger partial charge < -0.3 is 11.5 Å². The highest BCUT2D eigenvalue weighted by molar-refractivity contribution is 9.10. The molecular weight excluding hydrogens is 342 g/mol. The molecule has 0 aromatic carbocycles. The molecule has 0 fully saturated rings. The Bertz CT molecular complexity index is 784. The quantitative estimate of drug-likeness (QED) is 0.861. The first-order valence-corrected chi connectivity index (χ1v) is 7.65. The minimum Gasteiger partial charge on any atom is -0.402 e. The molecule has 1 atom stereocenters. The highest BCUT2D eigenvalue weighted by Gasteiger charge is 2.35. The van der Waals surface area contributed by atoms with Gasteiger partial charge in [0.1, 0.15) is 5.54 Å². The van der Waals surface area contributed by atoms with Crippen LogP contribution in [0.15, 0.2) is 58.6 Å². The van der Waals surface area contributed by atoms with Crippen LogP contribution in [-0.4, -0.2) is 15.0 Å². The van der Waals surface area contributed by atoms with E-state index in [0.717, 1.165) is 27.0 Å². The van der Waals surface area contributed by atoms with Crippen molar-refractivity contribution < 1.29 is 0 Å². The van der Waals surface area contributed by atoms with Crippen LogP contribution in [0.1, 0.15) is 19.2 Å². The van der Waals surface area contributed by atoms with Gasteiger partial charge >= 0.3 is 0 Å². The zero-order valence-electron chi connectivity index (χ0n) is 12.1. The van der Waals surface area contributed by atoms with Crippen LogP contribution in [0.3, 0.4) is 0 Å². The maximum atomic E-state index is 6.55. The minimum absolute atomic E-state index is 0.509. The van der Waals surface area contributed by atoms with Gasteiger partial charge in [-0.25, -0.2) is 9.97 Å². The van der Waals surface area contributed by atoms with Gasteiger partial charge in [-0.3, -0.25) is 4.98 Å². The number of rotatable bonds is 2. The van der Waals surface area contributed by atoms with Crippen LogP contribution in [0.4, 0.5) is 0 Å². The summed E-state index contributed by atoms with van der Waals surface area (Å²) in [6.07, 6.45) is 9.52. The average Bonchev–Trinajstić information content (AvgIpc) is 2.51. The fourth-order valence-electron chi connectivity index (χ4n) is 2.44. The van der Waals surface area contributed by atoms with Gasteiger partial charge in [-0.15, -0.1) is 0 Å². The summed E-state index contributed by atoms with van der Waals surface area (Å²) in [6.45, 7) is 1.97. The first-order chi connectivity index (χ1) is 10.5. The Morgan fingerprint density at radius 3 is 2.86 bits per heavy atom. The van der Waals surface area contributed by atoms with Crippen molar-refractivity contribution in [3.63, 3.8) is 0 Å². The van der Waals surface area contributed by atoms with E-state index in [1.807, 2.05) is 31.2 Å². The molecule has 0 bridgehead atoms. The zero-order valence-corrected chi connectivity index (χ0v) is 13.7. The lowest BCUT2D eigenvalue weighted by molar-refractivity contribution is 0.478. The number of hydrogen-bond acceptors (Lipinski definition) is 5. The van der Waals surface area contributed by atoms with E-state index >= 15 is 0 Å². The molecule has 1 unspecified atom stereocenters. The van der Waals surface area contributed by atoms with Crippen molar-refractivity contribution in [1.82, 2.24) is 15.0 Å². The Kier molecular flexibility index (Phi) is 3.80. The monoisotopic (exact) mass is 357 g/mol. The molecule has 6 heteroatoms. The van der Waals surface area contributed by atoms with Gasteiger partial charge in [-0.1, -0.05) is 6.08 Å². The fourth-order valence-corrected chi connectivity index (χ4v) is 2.81. The summed E-state index contributed by atoms with van der Waals surface area (Å²) in [5.74, 6) is 0.565. The number of nitrogens with zero attached hydrogens (tertiary/aromatic N) is 3. The molecular formula is C16H16BrN5. The summed E-state index contributed by atoms with van der Waals surface area (Å²) in [4.78, 5) is 13.2. The Hall–Kier alpha value is -2.05. The van der Waals surface area contributed by atoms with Gasteiger partial charge in [-0.05, 0) is 46.6 Å². The molecule has 112 valence electrons. The molecule has 1 aliphatic carbocycles. The van der Waals surface area contributed by atoms with Crippen LogP contribution in [0.25, 0.3) is 11.3 Å². The molecule has 0 spiro atoms. The molecule has 0 saturated carbocycles. The molecule has 0 saturated heterocycles. The molecule has 0 radical (unpaired) electrons. The standard InChI is InChI=1S/C16H16BrN5/c1-10-2-3-13(18)7-16(10,19)15-21-5-4-14(22-15)11-6-12(17)9-20-8-11/h2-6,8-9H,7,18-19H2,1H3. The summed E-state index contributed by atoms with van der Waals surface area (Å²) in [5.41, 5.74) is 15.1. The second kappa shape index (κ2) is 5.62. The second-order valence-corrected chi connectivity index (χ2v) is 6.31. The first-order valence-electron chi connectivity index (χ1n) is 6.86. The Morgan fingerprint density at radius 1 is 1.27 bits per heavy atom. The van der Waals surface area contributed by atoms with E-state index in [-0.39, 0.29) is 0 Å². The topological polar surface area (TPSA) is 90.7 Å². The van der Waals surface area contributed by atoms with E-state index in [9.17, 15) is 0 Å². The number of allylic oxidation sites excluding steroid dienone is 2. The molecule has 1 aliphatic rings. The third-order valence-corrected chi connectivity index (χ3v) is 4.22. The Morgan fingerprint density at radius 2 is 2.09 bits per heavy atom. The molecule has 2 aromatic rings. The smallest absolute Gasteiger partial charge is 0.153 e. The van der Waals surface area contributed by atoms with Crippen LogP contribution in [0, 0.1) is 0 Å². The van der Waals surface area contributed by atoms with Gasteiger partial charge in [0.2, 0.25) is 0 Å². The SMILES string of the molecule is CC1=CC=C(N)CC1(N)c1nccc(-c2cncc(Br)c2)n1. The van der Waals surface area contributed by atoms with Gasteiger partial charge in [0.25, 0.3) is 0 Å². The van der Waals surface area contributed by atoms with Crippen molar-refractivity contribution in [2.24, 2.45) is 11.5 Å². The minimum atomic E-state index is -0.770. The van der Waals surface area contributed by atoms with Crippen LogP contribution < -0.4 is 11.5 Å². The third-order valence-electron chi connectivity index (χ3n) is 3.79. The molecule has 2 aromatic heterocycles. The Balaban J connectivity index is 2.05. The average molecular weight is 358 g/mol. The number of aromatic nitrogens is 3. The van der Waals surface area contributed by atoms with Crippen molar-refractivity contribution in [3.05, 3.63) is 64.4 Å². The molecule has 0 amide bonds. The lowest BCUT2D eigenvalue weighted by atomic mass is 9.82. The van der Waals surface area contributed by atoms with Crippen LogP contribution in [0.2, 0.25) is 0 Å². The first kappa shape index (κ1) is 14.9. The highest BCUT2D eigenvalue weighted by atomic mass is 79.9. The summed E-state index contributed by atoms with van der Waals surface area (Å²) in [5, 5.41) is 0. The maximum Gasteiger partial charge on any atom is 0.153 e. The number of hydrogen-bond donors (Lipinski definition) is 2. The van der Waals surface area contributed by atoms with E-state index in [2.05, 4.69) is 30.9 Å². The van der Waals surface area contributed by atoms with E-state index < -0.39 is 5.54 Å². The van der Waals surface area contributed by atoms with Crippen LogP contribution >= 0.6 is 15.9 Å². The largest absolute Gasteiger partial charge is 0.402 e. The fraction of sp³-hybridized carbons (Fsp3) is 0.188. The van der Waals surface area contributed by atoms with Crippen LogP contribution in [-0.2, 0) is 5.54 Å². The van der Waals surface area contributed by atoms with Crippen LogP contribution in [0.5, 0.6) is 0 Å². The highest BCUT2D eigenvalue weighted by Crippen LogP contribution is 2.33. The van der Waals surface area contributed by atoms with E-state index in [1.54, 1.807) is 18.6 Å². The van der Waals surface area contributed by atoms with Crippen molar-refractivity contribution in [1.29, 1.82) is 0 Å². The summed E-state index contributed by atoms with van der Waals surface area (Å²) in [7, 11) is 0. The van der Waals surface area contributed by atoms with Gasteiger partial charge in [0.15, 0.2) is 5.82 Å². The lowest BCUT2D eigenvalue weighted by Gasteiger charge is -2.31. The van der Waals surface area contributed by atoms with Gasteiger partial charge in [0.05, 0.1) is 5.69 Å². The normalized spacial score (nSPS) is 21.2. The molecule has 5 nitrogen and oxygen atoms in total. The number of nitrogens with two attached hydrogens (primary N) is 2. The van der Waals surface area contributed by atoms with Crippen molar-refractivity contribution >= 4 is 15.9 Å². The predicted octanol–water partition coefficient (Wildman–Crippen LogP) is 2.65. The Labute approximate surface area is 137 Å². The number of halogens is 1. The van der Waals surface area contributed by atoms with E-state index in [0.29, 0.717) is 12.2 Å². The number of pyridine rings is 1.